The molecule has 0 aliphatic carbocycles. The van der Waals surface area contributed by atoms with Crippen LogP contribution >= 0.6 is 0 Å². The highest BCUT2D eigenvalue weighted by molar-refractivity contribution is 5.59. The van der Waals surface area contributed by atoms with Crippen molar-refractivity contribution in [2.45, 2.75) is 33.1 Å². The van der Waals surface area contributed by atoms with Crippen LogP contribution in [0.25, 0.3) is 5.70 Å². The Kier molecular flexibility index (Phi) is 2.65. The zero-order valence-electron chi connectivity index (χ0n) is 9.39. The van der Waals surface area contributed by atoms with Crippen LogP contribution in [0.2, 0.25) is 0 Å². The molecule has 0 spiro atoms. The van der Waals surface area contributed by atoms with Crippen molar-refractivity contribution in [2.75, 3.05) is 0 Å². The summed E-state index contributed by atoms with van der Waals surface area (Å²) in [4.78, 5) is 4.32. The zero-order valence-corrected chi connectivity index (χ0v) is 9.39. The second kappa shape index (κ2) is 3.45. The van der Waals surface area contributed by atoms with Crippen molar-refractivity contribution < 1.29 is 0 Å². The van der Waals surface area contributed by atoms with E-state index in [0.717, 1.165) is 11.3 Å². The molecule has 0 fully saturated rings. The van der Waals surface area contributed by atoms with E-state index in [4.69, 9.17) is 5.73 Å². The third kappa shape index (κ3) is 2.13. The second-order valence-corrected chi connectivity index (χ2v) is 4.66. The predicted octanol–water partition coefficient (Wildman–Crippen LogP) is 2.62. The van der Waals surface area contributed by atoms with Crippen molar-refractivity contribution in [3.05, 3.63) is 35.7 Å². The Morgan fingerprint density at radius 2 is 2.00 bits per heavy atom. The van der Waals surface area contributed by atoms with Crippen molar-refractivity contribution in [1.29, 1.82) is 0 Å². The summed E-state index contributed by atoms with van der Waals surface area (Å²) in [6, 6.07) is 2.13. The van der Waals surface area contributed by atoms with Gasteiger partial charge >= 0.3 is 0 Å². The van der Waals surface area contributed by atoms with Crippen LogP contribution in [0.4, 0.5) is 0 Å². The van der Waals surface area contributed by atoms with Gasteiger partial charge in [0.05, 0.1) is 11.4 Å². The van der Waals surface area contributed by atoms with E-state index in [0.29, 0.717) is 5.70 Å². The number of nitrogens with zero attached hydrogens (tertiary/aromatic N) is 1. The molecule has 2 nitrogen and oxygen atoms in total. The normalized spacial score (nSPS) is 11.4. The first-order chi connectivity index (χ1) is 6.32. The van der Waals surface area contributed by atoms with Crippen LogP contribution in [-0.2, 0) is 5.41 Å². The summed E-state index contributed by atoms with van der Waals surface area (Å²) in [6.07, 6.45) is 1.88. The molecule has 1 aromatic rings. The number of rotatable bonds is 1. The fourth-order valence-corrected chi connectivity index (χ4v) is 1.32. The summed E-state index contributed by atoms with van der Waals surface area (Å²) in [7, 11) is 0. The van der Waals surface area contributed by atoms with Crippen LogP contribution in [0.15, 0.2) is 18.8 Å². The van der Waals surface area contributed by atoms with Gasteiger partial charge in [-0.15, -0.1) is 0 Å². The average Bonchev–Trinajstić information content (AvgIpc) is 2.01. The van der Waals surface area contributed by atoms with Crippen molar-refractivity contribution in [1.82, 2.24) is 4.98 Å². The molecule has 0 aliphatic rings. The van der Waals surface area contributed by atoms with Gasteiger partial charge < -0.3 is 5.73 Å². The van der Waals surface area contributed by atoms with Gasteiger partial charge in [0.1, 0.15) is 0 Å². The molecule has 76 valence electrons. The maximum absolute atomic E-state index is 5.62. The minimum Gasteiger partial charge on any atom is -0.397 e. The second-order valence-electron chi connectivity index (χ2n) is 4.66. The summed E-state index contributed by atoms with van der Waals surface area (Å²) in [6.45, 7) is 12.2. The van der Waals surface area contributed by atoms with Gasteiger partial charge in [-0.3, -0.25) is 4.98 Å². The summed E-state index contributed by atoms with van der Waals surface area (Å²) in [5.74, 6) is 0. The molecule has 0 atom stereocenters. The van der Waals surface area contributed by atoms with Crippen LogP contribution < -0.4 is 5.73 Å². The third-order valence-corrected chi connectivity index (χ3v) is 2.25. The van der Waals surface area contributed by atoms with E-state index in [-0.39, 0.29) is 5.41 Å². The van der Waals surface area contributed by atoms with Crippen LogP contribution in [-0.4, -0.2) is 4.98 Å². The molecule has 0 aromatic carbocycles. The largest absolute Gasteiger partial charge is 0.397 e. The lowest BCUT2D eigenvalue weighted by Crippen LogP contribution is -2.13. The van der Waals surface area contributed by atoms with Gasteiger partial charge in [-0.25, -0.2) is 0 Å². The molecule has 0 aliphatic heterocycles. The number of hydrogen-bond donors (Lipinski definition) is 1. The molecule has 0 saturated heterocycles. The van der Waals surface area contributed by atoms with Gasteiger partial charge in [-0.05, 0) is 23.5 Å². The number of pyridine rings is 1. The Labute approximate surface area is 85.9 Å². The summed E-state index contributed by atoms with van der Waals surface area (Å²) in [5, 5.41) is 0. The molecular formula is C12H18N2. The molecule has 1 aromatic heterocycles. The Morgan fingerprint density at radius 1 is 1.43 bits per heavy atom. The summed E-state index contributed by atoms with van der Waals surface area (Å²) in [5.41, 5.74) is 9.39. The van der Waals surface area contributed by atoms with Gasteiger partial charge in [0, 0.05) is 6.20 Å². The Morgan fingerprint density at radius 3 is 2.36 bits per heavy atom. The monoisotopic (exact) mass is 190 g/mol. The van der Waals surface area contributed by atoms with Crippen LogP contribution in [0.1, 0.15) is 37.6 Å². The summed E-state index contributed by atoms with van der Waals surface area (Å²) < 4.78 is 0. The van der Waals surface area contributed by atoms with Gasteiger partial charge in [0.2, 0.25) is 0 Å². The third-order valence-electron chi connectivity index (χ3n) is 2.25. The van der Waals surface area contributed by atoms with E-state index >= 15 is 0 Å². The van der Waals surface area contributed by atoms with Crippen LogP contribution in [0, 0.1) is 6.92 Å². The van der Waals surface area contributed by atoms with Gasteiger partial charge in [0.25, 0.3) is 0 Å². The number of aromatic nitrogens is 1. The lowest BCUT2D eigenvalue weighted by Gasteiger charge is -2.19. The number of aryl methyl sites for hydroxylation is 1. The summed E-state index contributed by atoms with van der Waals surface area (Å²) >= 11 is 0. The highest BCUT2D eigenvalue weighted by Crippen LogP contribution is 2.23. The Bertz CT molecular complexity index is 359. The maximum atomic E-state index is 5.62. The quantitative estimate of drug-likeness (QED) is 0.739. The molecule has 0 radical (unpaired) electrons. The van der Waals surface area contributed by atoms with Crippen LogP contribution in [0.5, 0.6) is 0 Å². The molecule has 2 N–H and O–H groups in total. The molecule has 0 amide bonds. The van der Waals surface area contributed by atoms with E-state index in [9.17, 15) is 0 Å². The topological polar surface area (TPSA) is 38.9 Å². The Hall–Kier alpha value is -1.31. The minimum atomic E-state index is 0.131. The molecule has 1 heterocycles. The lowest BCUT2D eigenvalue weighted by atomic mass is 9.87. The molecular weight excluding hydrogens is 172 g/mol. The van der Waals surface area contributed by atoms with E-state index < -0.39 is 0 Å². The van der Waals surface area contributed by atoms with Crippen molar-refractivity contribution in [2.24, 2.45) is 5.73 Å². The smallest absolute Gasteiger partial charge is 0.0882 e. The molecule has 14 heavy (non-hydrogen) atoms. The first kappa shape index (κ1) is 10.8. The molecule has 0 bridgehead atoms. The number of hydrogen-bond acceptors (Lipinski definition) is 2. The maximum Gasteiger partial charge on any atom is 0.0882 e. The minimum absolute atomic E-state index is 0.131. The van der Waals surface area contributed by atoms with Crippen molar-refractivity contribution in [3.8, 4) is 0 Å². The highest BCUT2D eigenvalue weighted by Gasteiger charge is 2.15. The zero-order chi connectivity index (χ0) is 10.9. The van der Waals surface area contributed by atoms with Crippen molar-refractivity contribution >= 4 is 5.70 Å². The molecule has 0 saturated carbocycles. The highest BCUT2D eigenvalue weighted by atomic mass is 14.7. The lowest BCUT2D eigenvalue weighted by molar-refractivity contribution is 0.586. The first-order valence-electron chi connectivity index (χ1n) is 4.74. The van der Waals surface area contributed by atoms with Crippen molar-refractivity contribution in [3.63, 3.8) is 0 Å². The average molecular weight is 190 g/mol. The number of nitrogens with two attached hydrogens (primary N) is 1. The van der Waals surface area contributed by atoms with E-state index in [2.05, 4.69) is 38.4 Å². The van der Waals surface area contributed by atoms with E-state index in [1.807, 2.05) is 13.1 Å². The fourth-order valence-electron chi connectivity index (χ4n) is 1.32. The van der Waals surface area contributed by atoms with Crippen LogP contribution in [0.3, 0.4) is 0 Å². The molecule has 2 heteroatoms. The van der Waals surface area contributed by atoms with Gasteiger partial charge in [0.15, 0.2) is 0 Å². The standard InChI is InChI=1S/C12H18N2/c1-8-6-10(12(3,4)5)7-14-11(8)9(2)13/h6-7H,2,13H2,1,3-5H3. The first-order valence-corrected chi connectivity index (χ1v) is 4.74. The fraction of sp³-hybridized carbons (Fsp3) is 0.417. The molecule has 0 unspecified atom stereocenters. The SMILES string of the molecule is C=C(N)c1ncc(C(C)(C)C)cc1C. The molecule has 1 rings (SSSR count). The van der Waals surface area contributed by atoms with Gasteiger partial charge in [-0.2, -0.15) is 0 Å². The van der Waals surface area contributed by atoms with Gasteiger partial charge in [-0.1, -0.05) is 33.4 Å². The van der Waals surface area contributed by atoms with E-state index in [1.165, 1.54) is 5.56 Å². The predicted molar refractivity (Wildman–Crippen MR) is 60.9 cm³/mol. The Balaban J connectivity index is 3.20. The van der Waals surface area contributed by atoms with E-state index in [1.54, 1.807) is 0 Å².